The minimum atomic E-state index is -2.78. The lowest BCUT2D eigenvalue weighted by Gasteiger charge is -2.04. The van der Waals surface area contributed by atoms with Gasteiger partial charge < -0.3 is 14.9 Å². The molecule has 0 saturated heterocycles. The molecule has 2 aromatic carbocycles. The van der Waals surface area contributed by atoms with Gasteiger partial charge in [0.1, 0.15) is 11.4 Å². The molecule has 0 atom stereocenters. The summed E-state index contributed by atoms with van der Waals surface area (Å²) < 4.78 is 36.7. The Balaban J connectivity index is 2.04. The van der Waals surface area contributed by atoms with E-state index in [-0.39, 0.29) is 0 Å². The molecule has 25 heavy (non-hydrogen) atoms. The monoisotopic (exact) mass is 344 g/mol. The zero-order chi connectivity index (χ0) is 17.8. The number of hydrogen-bond acceptors (Lipinski definition) is 4. The summed E-state index contributed by atoms with van der Waals surface area (Å²) in [5.74, 6) is 0.403. The fourth-order valence-electron chi connectivity index (χ4n) is 2.56. The lowest BCUT2D eigenvalue weighted by molar-refractivity contribution is 0.116. The summed E-state index contributed by atoms with van der Waals surface area (Å²) in [5, 5.41) is 0. The van der Waals surface area contributed by atoms with E-state index in [2.05, 4.69) is 4.98 Å². The highest BCUT2D eigenvalue weighted by Crippen LogP contribution is 2.36. The van der Waals surface area contributed by atoms with Gasteiger partial charge in [0.2, 0.25) is 0 Å². The van der Waals surface area contributed by atoms with E-state index in [0.717, 1.165) is 12.0 Å². The summed E-state index contributed by atoms with van der Waals surface area (Å²) in [5.41, 5.74) is 8.37. The molecule has 0 amide bonds. The molecular weight excluding hydrogens is 326 g/mol. The summed E-state index contributed by atoms with van der Waals surface area (Å²) in [6, 6.07) is 14.5. The number of benzene rings is 2. The quantitative estimate of drug-likeness (QED) is 0.717. The number of oxazole rings is 1. The van der Waals surface area contributed by atoms with Crippen molar-refractivity contribution < 1.29 is 17.9 Å². The van der Waals surface area contributed by atoms with Gasteiger partial charge >= 0.3 is 6.43 Å². The number of nitrogens with two attached hydrogens (primary N) is 1. The standard InChI is InChI=1S/C19H18F2N2O2/c1-24-15-8-6-13(7-9-15)16-17(25-19(23-16)18(20)21)14-4-2-12(3-5-14)10-11-22/h2-9,18H,10-11,22H2,1H3. The van der Waals surface area contributed by atoms with Gasteiger partial charge in [-0.15, -0.1) is 0 Å². The minimum Gasteiger partial charge on any atom is -0.497 e. The molecule has 1 heterocycles. The lowest BCUT2D eigenvalue weighted by Crippen LogP contribution is -2.02. The molecule has 3 rings (SSSR count). The van der Waals surface area contributed by atoms with Crippen LogP contribution in [-0.2, 0) is 6.42 Å². The average Bonchev–Trinajstić information content (AvgIpc) is 3.08. The van der Waals surface area contributed by atoms with Gasteiger partial charge in [0.25, 0.3) is 5.89 Å². The van der Waals surface area contributed by atoms with E-state index >= 15 is 0 Å². The second-order valence-electron chi connectivity index (χ2n) is 5.49. The van der Waals surface area contributed by atoms with E-state index in [0.29, 0.717) is 34.9 Å². The van der Waals surface area contributed by atoms with E-state index < -0.39 is 12.3 Å². The summed E-state index contributed by atoms with van der Waals surface area (Å²) in [4.78, 5) is 3.99. The predicted octanol–water partition coefficient (Wildman–Crippen LogP) is 4.46. The Bertz CT molecular complexity index is 828. The number of ether oxygens (including phenoxy) is 1. The molecule has 2 N–H and O–H groups in total. The Morgan fingerprint density at radius 2 is 1.68 bits per heavy atom. The number of aromatic nitrogens is 1. The van der Waals surface area contributed by atoms with Crippen molar-refractivity contribution in [2.75, 3.05) is 13.7 Å². The molecule has 0 saturated carbocycles. The third-order valence-corrected chi connectivity index (χ3v) is 3.84. The maximum atomic E-state index is 13.1. The molecular formula is C19H18F2N2O2. The molecule has 0 aliphatic carbocycles. The van der Waals surface area contributed by atoms with E-state index in [4.69, 9.17) is 14.9 Å². The van der Waals surface area contributed by atoms with Gasteiger partial charge in [-0.1, -0.05) is 24.3 Å². The van der Waals surface area contributed by atoms with Crippen molar-refractivity contribution in [1.82, 2.24) is 4.98 Å². The molecule has 6 heteroatoms. The van der Waals surface area contributed by atoms with Gasteiger partial charge in [-0.3, -0.25) is 0 Å². The molecule has 130 valence electrons. The van der Waals surface area contributed by atoms with Gasteiger partial charge in [-0.25, -0.2) is 4.98 Å². The van der Waals surface area contributed by atoms with E-state index in [1.165, 1.54) is 0 Å². The maximum absolute atomic E-state index is 13.1. The highest BCUT2D eigenvalue weighted by Gasteiger charge is 2.22. The van der Waals surface area contributed by atoms with Crippen LogP contribution in [0.25, 0.3) is 22.6 Å². The van der Waals surface area contributed by atoms with Gasteiger partial charge in [0.15, 0.2) is 5.76 Å². The van der Waals surface area contributed by atoms with Gasteiger partial charge in [0, 0.05) is 11.1 Å². The lowest BCUT2D eigenvalue weighted by atomic mass is 10.0. The van der Waals surface area contributed by atoms with Gasteiger partial charge in [-0.05, 0) is 42.8 Å². The first-order chi connectivity index (χ1) is 12.1. The second-order valence-corrected chi connectivity index (χ2v) is 5.49. The maximum Gasteiger partial charge on any atom is 0.313 e. The zero-order valence-electron chi connectivity index (χ0n) is 13.7. The van der Waals surface area contributed by atoms with E-state index in [9.17, 15) is 8.78 Å². The van der Waals surface area contributed by atoms with Crippen LogP contribution in [0.15, 0.2) is 52.9 Å². The van der Waals surface area contributed by atoms with Crippen LogP contribution >= 0.6 is 0 Å². The molecule has 4 nitrogen and oxygen atoms in total. The first-order valence-corrected chi connectivity index (χ1v) is 7.85. The Kier molecular flexibility index (Phi) is 5.09. The normalized spacial score (nSPS) is 11.1. The average molecular weight is 344 g/mol. The Morgan fingerprint density at radius 3 is 2.24 bits per heavy atom. The highest BCUT2D eigenvalue weighted by atomic mass is 19.3. The fraction of sp³-hybridized carbons (Fsp3) is 0.211. The Hall–Kier alpha value is -2.73. The van der Waals surface area contributed by atoms with Crippen LogP contribution in [0, 0.1) is 0 Å². The van der Waals surface area contributed by atoms with Crippen molar-refractivity contribution in [3.8, 4) is 28.3 Å². The summed E-state index contributed by atoms with van der Waals surface area (Å²) in [6.07, 6.45) is -2.02. The van der Waals surface area contributed by atoms with E-state index in [1.807, 2.05) is 24.3 Å². The van der Waals surface area contributed by atoms with Crippen molar-refractivity contribution in [2.45, 2.75) is 12.8 Å². The van der Waals surface area contributed by atoms with Crippen LogP contribution in [0.2, 0.25) is 0 Å². The van der Waals surface area contributed by atoms with Gasteiger partial charge in [-0.2, -0.15) is 8.78 Å². The number of rotatable bonds is 6. The highest BCUT2D eigenvalue weighted by molar-refractivity contribution is 5.77. The summed E-state index contributed by atoms with van der Waals surface area (Å²) in [6.45, 7) is 0.550. The minimum absolute atomic E-state index is 0.319. The molecule has 0 aliphatic rings. The Morgan fingerprint density at radius 1 is 1.04 bits per heavy atom. The van der Waals surface area contributed by atoms with Crippen molar-refractivity contribution in [1.29, 1.82) is 0 Å². The number of alkyl halides is 2. The van der Waals surface area contributed by atoms with Crippen molar-refractivity contribution >= 4 is 0 Å². The molecule has 0 unspecified atom stereocenters. The SMILES string of the molecule is COc1ccc(-c2nc(C(F)F)oc2-c2ccc(CCN)cc2)cc1. The molecule has 0 aliphatic heterocycles. The van der Waals surface area contributed by atoms with E-state index in [1.54, 1.807) is 31.4 Å². The fourth-order valence-corrected chi connectivity index (χ4v) is 2.56. The van der Waals surface area contributed by atoms with Crippen LogP contribution in [0.1, 0.15) is 17.9 Å². The van der Waals surface area contributed by atoms with Crippen LogP contribution in [0.3, 0.4) is 0 Å². The smallest absolute Gasteiger partial charge is 0.313 e. The topological polar surface area (TPSA) is 61.3 Å². The molecule has 1 aromatic heterocycles. The second kappa shape index (κ2) is 7.44. The molecule has 0 bridgehead atoms. The van der Waals surface area contributed by atoms with Crippen molar-refractivity contribution in [3.05, 3.63) is 60.0 Å². The third-order valence-electron chi connectivity index (χ3n) is 3.84. The summed E-state index contributed by atoms with van der Waals surface area (Å²) in [7, 11) is 1.56. The van der Waals surface area contributed by atoms with Crippen LogP contribution < -0.4 is 10.5 Å². The van der Waals surface area contributed by atoms with Crippen molar-refractivity contribution in [2.24, 2.45) is 5.73 Å². The first kappa shape index (κ1) is 17.1. The Labute approximate surface area is 144 Å². The van der Waals surface area contributed by atoms with Crippen LogP contribution in [0.5, 0.6) is 5.75 Å². The number of nitrogens with zero attached hydrogens (tertiary/aromatic N) is 1. The molecule has 0 spiro atoms. The van der Waals surface area contributed by atoms with Crippen LogP contribution in [-0.4, -0.2) is 18.6 Å². The molecule has 0 radical (unpaired) electrons. The number of methoxy groups -OCH3 is 1. The molecule has 3 aromatic rings. The number of halogens is 2. The largest absolute Gasteiger partial charge is 0.497 e. The predicted molar refractivity (Wildman–Crippen MR) is 91.6 cm³/mol. The molecule has 0 fully saturated rings. The first-order valence-electron chi connectivity index (χ1n) is 7.85. The van der Waals surface area contributed by atoms with Gasteiger partial charge in [0.05, 0.1) is 7.11 Å². The van der Waals surface area contributed by atoms with Crippen molar-refractivity contribution in [3.63, 3.8) is 0 Å². The zero-order valence-corrected chi connectivity index (χ0v) is 13.7. The number of hydrogen-bond donors (Lipinski definition) is 1. The van der Waals surface area contributed by atoms with Crippen LogP contribution in [0.4, 0.5) is 8.78 Å². The summed E-state index contributed by atoms with van der Waals surface area (Å²) >= 11 is 0. The third kappa shape index (κ3) is 3.69.